The number of amides is 1. The van der Waals surface area contributed by atoms with Gasteiger partial charge in [-0.15, -0.1) is 0 Å². The number of benzene rings is 2. The first-order chi connectivity index (χ1) is 11.3. The lowest BCUT2D eigenvalue weighted by molar-refractivity contribution is 0.0681. The first-order valence-electron chi connectivity index (χ1n) is 8.14. The third-order valence-electron chi connectivity index (χ3n) is 4.00. The smallest absolute Gasteiger partial charge is 0.257 e. The van der Waals surface area contributed by atoms with E-state index in [4.69, 9.17) is 4.74 Å². The maximum atomic E-state index is 12.9. The molecule has 1 aliphatic heterocycles. The Morgan fingerprint density at radius 2 is 1.83 bits per heavy atom. The fourth-order valence-electron chi connectivity index (χ4n) is 3.00. The van der Waals surface area contributed by atoms with Crippen LogP contribution in [-0.2, 0) is 0 Å². The molecule has 1 N–H and O–H groups in total. The number of carbonyl (C=O) groups excluding carboxylic acids is 1. The summed E-state index contributed by atoms with van der Waals surface area (Å²) in [5.41, 5.74) is 2.60. The number of anilines is 1. The Bertz CT molecular complexity index is 699. The zero-order chi connectivity index (χ0) is 16.2. The predicted octanol–water partition coefficient (Wildman–Crippen LogP) is 4.06. The highest BCUT2D eigenvalue weighted by atomic mass is 16.5. The Labute approximate surface area is 137 Å². The van der Waals surface area contributed by atoms with Gasteiger partial charge in [-0.1, -0.05) is 37.3 Å². The molecule has 0 saturated heterocycles. The summed E-state index contributed by atoms with van der Waals surface area (Å²) < 4.78 is 5.76. The highest BCUT2D eigenvalue weighted by molar-refractivity contribution is 6.01. The third-order valence-corrected chi connectivity index (χ3v) is 4.00. The van der Waals surface area contributed by atoms with Gasteiger partial charge in [-0.2, -0.15) is 0 Å². The van der Waals surface area contributed by atoms with Crippen LogP contribution in [0, 0.1) is 0 Å². The Balaban J connectivity index is 2.05. The Hall–Kier alpha value is -2.49. The molecule has 4 nitrogen and oxygen atoms in total. The molecule has 0 aromatic heterocycles. The molecule has 0 fully saturated rings. The van der Waals surface area contributed by atoms with Gasteiger partial charge in [0.25, 0.3) is 5.91 Å². The molecule has 0 radical (unpaired) electrons. The quantitative estimate of drug-likeness (QED) is 0.905. The molecule has 1 amide bonds. The molecule has 0 aliphatic carbocycles. The summed E-state index contributed by atoms with van der Waals surface area (Å²) in [4.78, 5) is 14.8. The van der Waals surface area contributed by atoms with Crippen LogP contribution in [-0.4, -0.2) is 24.0 Å². The highest BCUT2D eigenvalue weighted by Crippen LogP contribution is 2.36. The zero-order valence-corrected chi connectivity index (χ0v) is 13.6. The molecule has 1 aliphatic rings. The molecular weight excluding hydrogens is 288 g/mol. The van der Waals surface area contributed by atoms with Crippen LogP contribution >= 0.6 is 0 Å². The lowest BCUT2D eigenvalue weighted by Gasteiger charge is -2.38. The summed E-state index contributed by atoms with van der Waals surface area (Å²) >= 11 is 0. The number of para-hydroxylation sites is 2. The summed E-state index contributed by atoms with van der Waals surface area (Å²) in [7, 11) is 0. The third kappa shape index (κ3) is 2.89. The molecule has 2 aromatic rings. The first kappa shape index (κ1) is 15.4. The number of fused-ring (bicyclic) bond motifs is 1. The van der Waals surface area contributed by atoms with Crippen molar-refractivity contribution in [2.24, 2.45) is 0 Å². The molecule has 3 rings (SSSR count). The summed E-state index contributed by atoms with van der Waals surface area (Å²) in [6.45, 7) is 5.35. The largest absolute Gasteiger partial charge is 0.493 e. The van der Waals surface area contributed by atoms with Crippen LogP contribution in [0.4, 0.5) is 5.69 Å². The minimum Gasteiger partial charge on any atom is -0.493 e. The van der Waals surface area contributed by atoms with E-state index in [9.17, 15) is 4.79 Å². The van der Waals surface area contributed by atoms with Crippen LogP contribution in [0.25, 0.3) is 0 Å². The van der Waals surface area contributed by atoms with Gasteiger partial charge in [0, 0.05) is 17.8 Å². The molecule has 0 unspecified atom stereocenters. The van der Waals surface area contributed by atoms with Crippen LogP contribution in [0.1, 0.15) is 42.4 Å². The lowest BCUT2D eigenvalue weighted by atomic mass is 10.0. The van der Waals surface area contributed by atoms with Gasteiger partial charge >= 0.3 is 0 Å². The van der Waals surface area contributed by atoms with Crippen molar-refractivity contribution in [2.75, 3.05) is 18.5 Å². The average molecular weight is 310 g/mol. The van der Waals surface area contributed by atoms with Crippen molar-refractivity contribution in [3.8, 4) is 5.75 Å². The predicted molar refractivity (Wildman–Crippen MR) is 91.7 cm³/mol. The van der Waals surface area contributed by atoms with Gasteiger partial charge in [0.15, 0.2) is 0 Å². The number of hydrogen-bond donors (Lipinski definition) is 1. The Morgan fingerprint density at radius 1 is 1.09 bits per heavy atom. The van der Waals surface area contributed by atoms with Crippen LogP contribution < -0.4 is 10.1 Å². The molecular formula is C19H22N2O2. The summed E-state index contributed by atoms with van der Waals surface area (Å²) in [5, 5.41) is 3.50. The fraction of sp³-hybridized carbons (Fsp3) is 0.316. The maximum absolute atomic E-state index is 12.9. The van der Waals surface area contributed by atoms with Crippen LogP contribution in [0.2, 0.25) is 0 Å². The van der Waals surface area contributed by atoms with E-state index >= 15 is 0 Å². The zero-order valence-electron chi connectivity index (χ0n) is 13.6. The minimum absolute atomic E-state index is 0.0671. The number of nitrogens with zero attached hydrogens (tertiary/aromatic N) is 1. The summed E-state index contributed by atoms with van der Waals surface area (Å²) in [6.07, 6.45) is 0.697. The summed E-state index contributed by atoms with van der Waals surface area (Å²) in [5.74, 6) is 0.887. The van der Waals surface area contributed by atoms with E-state index < -0.39 is 0 Å². The summed E-state index contributed by atoms with van der Waals surface area (Å²) in [6, 6.07) is 15.6. The molecule has 0 spiro atoms. The van der Waals surface area contributed by atoms with Crippen molar-refractivity contribution < 1.29 is 9.53 Å². The number of rotatable bonds is 5. The fourth-order valence-corrected chi connectivity index (χ4v) is 3.00. The molecule has 120 valence electrons. The molecule has 0 saturated carbocycles. The van der Waals surface area contributed by atoms with Gasteiger partial charge in [0.1, 0.15) is 11.9 Å². The maximum Gasteiger partial charge on any atom is 0.257 e. The Kier molecular flexibility index (Phi) is 4.51. The average Bonchev–Trinajstić information content (AvgIpc) is 2.58. The van der Waals surface area contributed by atoms with Gasteiger partial charge in [0.05, 0.1) is 12.2 Å². The van der Waals surface area contributed by atoms with Crippen molar-refractivity contribution in [1.29, 1.82) is 0 Å². The van der Waals surface area contributed by atoms with Crippen molar-refractivity contribution in [3.63, 3.8) is 0 Å². The molecule has 23 heavy (non-hydrogen) atoms. The lowest BCUT2D eigenvalue weighted by Crippen LogP contribution is -2.43. The molecule has 1 atom stereocenters. The van der Waals surface area contributed by atoms with E-state index in [2.05, 4.69) is 12.2 Å². The standard InChI is InChI=1S/C19H22N2O2/c1-3-13-21-18(15-10-6-8-12-17(15)23-4-2)20-16-11-7-5-9-14(16)19(21)22/h5-12,18,20H,3-4,13H2,1-2H3/t18-/m0/s1. The number of carbonyl (C=O) groups is 1. The van der Waals surface area contributed by atoms with Crippen LogP contribution in [0.3, 0.4) is 0 Å². The SMILES string of the molecule is CCCN1C(=O)c2ccccc2N[C@@H]1c1ccccc1OCC. The van der Waals surface area contributed by atoms with Crippen LogP contribution in [0.15, 0.2) is 48.5 Å². The second-order valence-corrected chi connectivity index (χ2v) is 5.56. The van der Waals surface area contributed by atoms with E-state index in [1.165, 1.54) is 0 Å². The normalized spacial score (nSPS) is 16.7. The number of hydrogen-bond acceptors (Lipinski definition) is 3. The molecule has 2 aromatic carbocycles. The van der Waals surface area contributed by atoms with Gasteiger partial charge in [-0.25, -0.2) is 0 Å². The van der Waals surface area contributed by atoms with Crippen molar-refractivity contribution in [1.82, 2.24) is 4.90 Å². The highest BCUT2D eigenvalue weighted by Gasteiger charge is 2.33. The topological polar surface area (TPSA) is 41.6 Å². The molecule has 1 heterocycles. The monoisotopic (exact) mass is 310 g/mol. The van der Waals surface area contributed by atoms with E-state index in [1.807, 2.05) is 60.4 Å². The van der Waals surface area contributed by atoms with E-state index in [1.54, 1.807) is 0 Å². The van der Waals surface area contributed by atoms with Crippen molar-refractivity contribution in [3.05, 3.63) is 59.7 Å². The molecule has 0 bridgehead atoms. The van der Waals surface area contributed by atoms with Gasteiger partial charge < -0.3 is 15.0 Å². The number of ether oxygens (including phenoxy) is 1. The Morgan fingerprint density at radius 3 is 2.61 bits per heavy atom. The van der Waals surface area contributed by atoms with Crippen LogP contribution in [0.5, 0.6) is 5.75 Å². The van der Waals surface area contributed by atoms with E-state index in [-0.39, 0.29) is 12.1 Å². The number of nitrogens with one attached hydrogen (secondary N) is 1. The second-order valence-electron chi connectivity index (χ2n) is 5.56. The van der Waals surface area contributed by atoms with Gasteiger partial charge in [-0.3, -0.25) is 4.79 Å². The van der Waals surface area contributed by atoms with Crippen molar-refractivity contribution in [2.45, 2.75) is 26.4 Å². The molecule has 4 heteroatoms. The van der Waals surface area contributed by atoms with Gasteiger partial charge in [-0.05, 0) is 31.5 Å². The first-order valence-corrected chi connectivity index (χ1v) is 8.14. The second kappa shape index (κ2) is 6.73. The van der Waals surface area contributed by atoms with Crippen molar-refractivity contribution >= 4 is 11.6 Å². The minimum atomic E-state index is -0.208. The van der Waals surface area contributed by atoms with E-state index in [0.29, 0.717) is 13.2 Å². The van der Waals surface area contributed by atoms with Gasteiger partial charge in [0.2, 0.25) is 0 Å². The van der Waals surface area contributed by atoms with E-state index in [0.717, 1.165) is 29.0 Å².